The fraction of sp³-hybridized carbons (Fsp3) is 0.722. The minimum atomic E-state index is -0.128. The highest BCUT2D eigenvalue weighted by atomic mass is 35.5. The van der Waals surface area contributed by atoms with Gasteiger partial charge in [-0.25, -0.2) is 4.98 Å². The van der Waals surface area contributed by atoms with Crippen LogP contribution < -0.4 is 0 Å². The first kappa shape index (κ1) is 16.9. The zero-order chi connectivity index (χ0) is 17.4. The molecule has 2 saturated carbocycles. The molecule has 3 atom stereocenters. The van der Waals surface area contributed by atoms with Gasteiger partial charge in [0.25, 0.3) is 0 Å². The molecule has 4 rings (SSSR count). The van der Waals surface area contributed by atoms with Gasteiger partial charge in [0.1, 0.15) is 11.1 Å². The largest absolute Gasteiger partial charge is 0.462 e. The Morgan fingerprint density at radius 3 is 2.92 bits per heavy atom. The van der Waals surface area contributed by atoms with Gasteiger partial charge < -0.3 is 4.74 Å². The number of halogens is 1. The van der Waals surface area contributed by atoms with Gasteiger partial charge in [-0.05, 0) is 44.4 Å². The number of aromatic amines is 1. The first-order valence-corrected chi connectivity index (χ1v) is 9.79. The van der Waals surface area contributed by atoms with E-state index in [0.717, 1.165) is 18.0 Å². The number of H-pyrrole nitrogens is 1. The van der Waals surface area contributed by atoms with Crippen LogP contribution in [0.2, 0.25) is 5.02 Å². The minimum Gasteiger partial charge on any atom is -0.462 e. The van der Waals surface area contributed by atoms with Gasteiger partial charge in [0.15, 0.2) is 11.5 Å². The molecule has 136 valence electrons. The maximum absolute atomic E-state index is 12.3. The number of nitrogens with one attached hydrogen (secondary N) is 1. The van der Waals surface area contributed by atoms with Crippen molar-refractivity contribution in [2.45, 2.75) is 70.8 Å². The van der Waals surface area contributed by atoms with Crippen LogP contribution in [0.1, 0.15) is 62.9 Å². The Bertz CT molecular complexity index is 767. The molecule has 0 bridgehead atoms. The molecule has 6 nitrogen and oxygen atoms in total. The first-order valence-electron chi connectivity index (χ1n) is 9.41. The van der Waals surface area contributed by atoms with E-state index in [1.54, 1.807) is 4.63 Å². The Labute approximate surface area is 152 Å². The summed E-state index contributed by atoms with van der Waals surface area (Å²) in [7, 11) is 0. The summed E-state index contributed by atoms with van der Waals surface area (Å²) in [6.07, 6.45) is 9.57. The monoisotopic (exact) mass is 364 g/mol. The first-order chi connectivity index (χ1) is 12.1. The van der Waals surface area contributed by atoms with E-state index in [1.165, 1.54) is 38.5 Å². The topological polar surface area (TPSA) is 72.3 Å². The molecule has 0 saturated heterocycles. The number of rotatable bonds is 4. The molecule has 2 aliphatic carbocycles. The molecule has 0 aliphatic heterocycles. The summed E-state index contributed by atoms with van der Waals surface area (Å²) in [4.78, 5) is 16.7. The molecule has 1 N–H and O–H groups in total. The second kappa shape index (κ2) is 6.98. The van der Waals surface area contributed by atoms with Gasteiger partial charge in [-0.1, -0.05) is 30.9 Å². The molecule has 25 heavy (non-hydrogen) atoms. The van der Waals surface area contributed by atoms with E-state index in [-0.39, 0.29) is 12.1 Å². The molecular weight excluding hydrogens is 340 g/mol. The van der Waals surface area contributed by atoms with E-state index in [2.05, 4.69) is 15.2 Å². The minimum absolute atomic E-state index is 0.119. The summed E-state index contributed by atoms with van der Waals surface area (Å²) < 4.78 is 7.41. The second-order valence-electron chi connectivity index (χ2n) is 7.48. The molecule has 2 aromatic rings. The summed E-state index contributed by atoms with van der Waals surface area (Å²) in [5, 5.41) is 7.94. The lowest BCUT2D eigenvalue weighted by molar-refractivity contribution is -0.156. The SMILES string of the molecule is Cc1[nH]n2nc(CCC(=O)OC3CCCC4CCCCC43)nc2c1Cl. The maximum Gasteiger partial charge on any atom is 0.306 e. The number of aromatic nitrogens is 4. The van der Waals surface area contributed by atoms with E-state index in [9.17, 15) is 4.79 Å². The molecule has 2 aliphatic rings. The van der Waals surface area contributed by atoms with Crippen molar-refractivity contribution in [2.24, 2.45) is 11.8 Å². The molecule has 2 aromatic heterocycles. The van der Waals surface area contributed by atoms with Crippen LogP contribution >= 0.6 is 11.6 Å². The van der Waals surface area contributed by atoms with Crippen LogP contribution in [0.25, 0.3) is 5.65 Å². The van der Waals surface area contributed by atoms with Gasteiger partial charge >= 0.3 is 5.97 Å². The van der Waals surface area contributed by atoms with Gasteiger partial charge in [-0.3, -0.25) is 9.89 Å². The normalized spacial score (nSPS) is 26.6. The van der Waals surface area contributed by atoms with Gasteiger partial charge in [-0.2, -0.15) is 4.63 Å². The highest BCUT2D eigenvalue weighted by molar-refractivity contribution is 6.34. The third-order valence-corrected chi connectivity index (χ3v) is 6.25. The van der Waals surface area contributed by atoms with Crippen LogP contribution in [0.4, 0.5) is 0 Å². The van der Waals surface area contributed by atoms with Crippen molar-refractivity contribution in [3.63, 3.8) is 0 Å². The average molecular weight is 365 g/mol. The standard InChI is InChI=1S/C18H25ClN4O2/c1-11-17(19)18-20-15(22-23(18)21-11)9-10-16(24)25-14-8-4-6-12-5-2-3-7-13(12)14/h12-14,21H,2-10H2,1H3. The van der Waals surface area contributed by atoms with Gasteiger partial charge in [-0.15, -0.1) is 5.10 Å². The van der Waals surface area contributed by atoms with E-state index in [1.807, 2.05) is 6.92 Å². The van der Waals surface area contributed by atoms with Gasteiger partial charge in [0.05, 0.1) is 12.1 Å². The summed E-state index contributed by atoms with van der Waals surface area (Å²) in [6.45, 7) is 1.87. The summed E-state index contributed by atoms with van der Waals surface area (Å²) in [6, 6.07) is 0. The number of carbonyl (C=O) groups is 1. The van der Waals surface area contributed by atoms with E-state index >= 15 is 0 Å². The van der Waals surface area contributed by atoms with Crippen molar-refractivity contribution in [3.05, 3.63) is 16.5 Å². The zero-order valence-corrected chi connectivity index (χ0v) is 15.4. The van der Waals surface area contributed by atoms with Crippen LogP contribution in [-0.4, -0.2) is 31.9 Å². The number of hydrogen-bond donors (Lipinski definition) is 1. The highest BCUT2D eigenvalue weighted by Gasteiger charge is 2.36. The number of aryl methyl sites for hydroxylation is 2. The number of fused-ring (bicyclic) bond motifs is 2. The van der Waals surface area contributed by atoms with Gasteiger partial charge in [0.2, 0.25) is 0 Å². The lowest BCUT2D eigenvalue weighted by Crippen LogP contribution is -2.37. The average Bonchev–Trinajstić information content (AvgIpc) is 3.13. The summed E-state index contributed by atoms with van der Waals surface area (Å²) in [5.41, 5.74) is 1.45. The number of hydrogen-bond acceptors (Lipinski definition) is 4. The van der Waals surface area contributed by atoms with Crippen molar-refractivity contribution in [1.29, 1.82) is 0 Å². The van der Waals surface area contributed by atoms with Crippen molar-refractivity contribution in [2.75, 3.05) is 0 Å². The Kier molecular flexibility index (Phi) is 4.71. The molecule has 0 radical (unpaired) electrons. The lowest BCUT2D eigenvalue weighted by atomic mass is 9.69. The number of nitrogens with zero attached hydrogens (tertiary/aromatic N) is 3. The summed E-state index contributed by atoms with van der Waals surface area (Å²) >= 11 is 6.17. The molecular formula is C18H25ClN4O2. The number of carbonyl (C=O) groups excluding carboxylic acids is 1. The Morgan fingerprint density at radius 1 is 1.28 bits per heavy atom. The Hall–Kier alpha value is -1.56. The van der Waals surface area contributed by atoms with Crippen LogP contribution in [-0.2, 0) is 16.0 Å². The summed E-state index contributed by atoms with van der Waals surface area (Å²) in [5.74, 6) is 1.83. The quantitative estimate of drug-likeness (QED) is 0.836. The molecule has 7 heteroatoms. The fourth-order valence-electron chi connectivity index (χ4n) is 4.52. The van der Waals surface area contributed by atoms with Crippen molar-refractivity contribution < 1.29 is 9.53 Å². The number of ether oxygens (including phenoxy) is 1. The third kappa shape index (κ3) is 3.41. The van der Waals surface area contributed by atoms with Crippen LogP contribution in [0.3, 0.4) is 0 Å². The van der Waals surface area contributed by atoms with Crippen LogP contribution in [0, 0.1) is 18.8 Å². The van der Waals surface area contributed by atoms with Crippen LogP contribution in [0.5, 0.6) is 0 Å². The van der Waals surface area contributed by atoms with E-state index in [0.29, 0.717) is 35.3 Å². The molecule has 0 amide bonds. The third-order valence-electron chi connectivity index (χ3n) is 5.79. The van der Waals surface area contributed by atoms with Gasteiger partial charge in [0, 0.05) is 6.42 Å². The van der Waals surface area contributed by atoms with E-state index in [4.69, 9.17) is 16.3 Å². The molecule has 2 fully saturated rings. The van der Waals surface area contributed by atoms with Crippen LogP contribution in [0.15, 0.2) is 0 Å². The lowest BCUT2D eigenvalue weighted by Gasteiger charge is -2.40. The molecule has 0 spiro atoms. The predicted molar refractivity (Wildman–Crippen MR) is 94.6 cm³/mol. The zero-order valence-electron chi connectivity index (χ0n) is 14.6. The second-order valence-corrected chi connectivity index (χ2v) is 7.86. The number of esters is 1. The molecule has 3 unspecified atom stereocenters. The Morgan fingerprint density at radius 2 is 2.08 bits per heavy atom. The highest BCUT2D eigenvalue weighted by Crippen LogP contribution is 2.41. The van der Waals surface area contributed by atoms with Crippen molar-refractivity contribution in [1.82, 2.24) is 19.8 Å². The maximum atomic E-state index is 12.3. The Balaban J connectivity index is 1.33. The fourth-order valence-corrected chi connectivity index (χ4v) is 4.69. The van der Waals surface area contributed by atoms with E-state index < -0.39 is 0 Å². The molecule has 0 aromatic carbocycles. The van der Waals surface area contributed by atoms with Crippen molar-refractivity contribution in [3.8, 4) is 0 Å². The predicted octanol–water partition coefficient (Wildman–Crippen LogP) is 3.85. The molecule has 2 heterocycles. The van der Waals surface area contributed by atoms with Crippen molar-refractivity contribution >= 4 is 23.2 Å². The smallest absolute Gasteiger partial charge is 0.306 e.